The lowest BCUT2D eigenvalue weighted by molar-refractivity contribution is -0.123. The van der Waals surface area contributed by atoms with Gasteiger partial charge in [0.05, 0.1) is 22.1 Å². The van der Waals surface area contributed by atoms with Crippen LogP contribution >= 0.6 is 0 Å². The number of para-hydroxylation sites is 2. The summed E-state index contributed by atoms with van der Waals surface area (Å²) in [5.41, 5.74) is 5.98. The maximum Gasteiger partial charge on any atom is 0.258 e. The summed E-state index contributed by atoms with van der Waals surface area (Å²) in [6.07, 6.45) is 1.81. The van der Waals surface area contributed by atoms with Gasteiger partial charge in [0.2, 0.25) is 10.0 Å². The number of rotatable bonds is 11. The van der Waals surface area contributed by atoms with Crippen molar-refractivity contribution in [1.82, 2.24) is 20.1 Å². The molecule has 9 nitrogen and oxygen atoms in total. The maximum absolute atomic E-state index is 12.8. The molecule has 0 aliphatic rings. The van der Waals surface area contributed by atoms with Gasteiger partial charge in [0.1, 0.15) is 24.2 Å². The summed E-state index contributed by atoms with van der Waals surface area (Å²) in [5.74, 6) is 0.946. The Balaban J connectivity index is 1.33. The minimum Gasteiger partial charge on any atom is -0.486 e. The van der Waals surface area contributed by atoms with E-state index in [4.69, 9.17) is 4.74 Å². The second kappa shape index (κ2) is 12.0. The SMILES string of the molecule is Cc1ccc(S(=O)(=O)N[C@H](CC(C)C)C(=O)N/N=C\c2ccc(OCc3nc4ccccc4[nH]3)cc2)cc1. The van der Waals surface area contributed by atoms with Gasteiger partial charge >= 0.3 is 0 Å². The van der Waals surface area contributed by atoms with Crippen molar-refractivity contribution in [3.8, 4) is 5.75 Å². The van der Waals surface area contributed by atoms with E-state index in [1.807, 2.05) is 45.0 Å². The third-order valence-corrected chi connectivity index (χ3v) is 7.22. The van der Waals surface area contributed by atoms with Crippen molar-refractivity contribution in [3.63, 3.8) is 0 Å². The van der Waals surface area contributed by atoms with Crippen LogP contribution in [-0.4, -0.2) is 36.5 Å². The van der Waals surface area contributed by atoms with Gasteiger partial charge in [-0.25, -0.2) is 18.8 Å². The first-order valence-electron chi connectivity index (χ1n) is 12.3. The van der Waals surface area contributed by atoms with Crippen molar-refractivity contribution in [1.29, 1.82) is 0 Å². The first-order chi connectivity index (χ1) is 18.2. The smallest absolute Gasteiger partial charge is 0.258 e. The average Bonchev–Trinajstić information content (AvgIpc) is 3.31. The van der Waals surface area contributed by atoms with E-state index in [9.17, 15) is 13.2 Å². The molecule has 0 aliphatic heterocycles. The van der Waals surface area contributed by atoms with Crippen LogP contribution < -0.4 is 14.9 Å². The first kappa shape index (κ1) is 27.0. The zero-order chi connectivity index (χ0) is 27.1. The molecule has 0 bridgehead atoms. The van der Waals surface area contributed by atoms with E-state index in [0.29, 0.717) is 18.8 Å². The number of aromatic amines is 1. The highest BCUT2D eigenvalue weighted by Crippen LogP contribution is 2.16. The van der Waals surface area contributed by atoms with E-state index in [-0.39, 0.29) is 10.8 Å². The van der Waals surface area contributed by atoms with Crippen LogP contribution in [0.4, 0.5) is 0 Å². The number of hydrogen-bond acceptors (Lipinski definition) is 6. The van der Waals surface area contributed by atoms with E-state index >= 15 is 0 Å². The van der Waals surface area contributed by atoms with Crippen LogP contribution in [0.5, 0.6) is 5.75 Å². The lowest BCUT2D eigenvalue weighted by Crippen LogP contribution is -2.46. The number of hydrogen-bond donors (Lipinski definition) is 3. The molecule has 4 aromatic rings. The Morgan fingerprint density at radius 3 is 2.45 bits per heavy atom. The fourth-order valence-corrected chi connectivity index (χ4v) is 4.99. The number of nitrogens with one attached hydrogen (secondary N) is 3. The Kier molecular flexibility index (Phi) is 8.55. The lowest BCUT2D eigenvalue weighted by atomic mass is 10.0. The van der Waals surface area contributed by atoms with Crippen molar-refractivity contribution >= 4 is 33.2 Å². The summed E-state index contributed by atoms with van der Waals surface area (Å²) in [5, 5.41) is 4.02. The predicted octanol–water partition coefficient (Wildman–Crippen LogP) is 4.29. The van der Waals surface area contributed by atoms with Crippen LogP contribution in [0.25, 0.3) is 11.0 Å². The number of imidazole rings is 1. The van der Waals surface area contributed by atoms with Gasteiger partial charge in [-0.2, -0.15) is 9.82 Å². The summed E-state index contributed by atoms with van der Waals surface area (Å²) in [6.45, 7) is 6.01. The molecule has 38 heavy (non-hydrogen) atoms. The molecule has 0 saturated heterocycles. The summed E-state index contributed by atoms with van der Waals surface area (Å²) < 4.78 is 33.9. The number of carbonyl (C=O) groups is 1. The molecule has 0 aliphatic carbocycles. The number of benzene rings is 3. The van der Waals surface area contributed by atoms with Crippen molar-refractivity contribution < 1.29 is 17.9 Å². The Bertz CT molecular complexity index is 1480. The minimum absolute atomic E-state index is 0.0857. The number of hydrazone groups is 1. The van der Waals surface area contributed by atoms with E-state index < -0.39 is 22.0 Å². The number of aromatic nitrogens is 2. The molecule has 10 heteroatoms. The molecule has 0 saturated carbocycles. The summed E-state index contributed by atoms with van der Waals surface area (Å²) in [7, 11) is -3.87. The van der Waals surface area contributed by atoms with Crippen LogP contribution in [0.1, 0.15) is 37.2 Å². The van der Waals surface area contributed by atoms with E-state index in [2.05, 4.69) is 25.2 Å². The molecule has 0 spiro atoms. The second-order valence-corrected chi connectivity index (χ2v) is 11.1. The van der Waals surface area contributed by atoms with Crippen LogP contribution in [0.2, 0.25) is 0 Å². The molecule has 3 N–H and O–H groups in total. The minimum atomic E-state index is -3.87. The van der Waals surface area contributed by atoms with Gasteiger partial charge in [0, 0.05) is 0 Å². The number of H-pyrrole nitrogens is 1. The van der Waals surface area contributed by atoms with Gasteiger partial charge in [-0.3, -0.25) is 4.79 Å². The molecular weight excluding hydrogens is 502 g/mol. The maximum atomic E-state index is 12.8. The fraction of sp³-hybridized carbons (Fsp3) is 0.250. The molecule has 0 unspecified atom stereocenters. The molecule has 198 valence electrons. The molecule has 1 heterocycles. The first-order valence-corrected chi connectivity index (χ1v) is 13.8. The largest absolute Gasteiger partial charge is 0.486 e. The summed E-state index contributed by atoms with van der Waals surface area (Å²) >= 11 is 0. The highest BCUT2D eigenvalue weighted by Gasteiger charge is 2.26. The zero-order valence-corrected chi connectivity index (χ0v) is 22.3. The Morgan fingerprint density at radius 2 is 1.76 bits per heavy atom. The predicted molar refractivity (Wildman–Crippen MR) is 147 cm³/mol. The molecule has 1 atom stereocenters. The van der Waals surface area contributed by atoms with E-state index in [1.165, 1.54) is 18.3 Å². The normalized spacial score (nSPS) is 12.7. The Hall–Kier alpha value is -4.02. The van der Waals surface area contributed by atoms with Gasteiger partial charge in [0.15, 0.2) is 0 Å². The topological polar surface area (TPSA) is 126 Å². The van der Waals surface area contributed by atoms with Gasteiger partial charge in [-0.1, -0.05) is 43.7 Å². The van der Waals surface area contributed by atoms with Crippen molar-refractivity contribution in [2.45, 2.75) is 44.7 Å². The quantitative estimate of drug-likeness (QED) is 0.196. The molecule has 1 aromatic heterocycles. The van der Waals surface area contributed by atoms with Crippen LogP contribution in [-0.2, 0) is 21.4 Å². The zero-order valence-electron chi connectivity index (χ0n) is 21.5. The number of aryl methyl sites for hydroxylation is 1. The number of amides is 1. The van der Waals surface area contributed by atoms with Crippen molar-refractivity contribution in [2.24, 2.45) is 11.0 Å². The molecule has 3 aromatic carbocycles. The van der Waals surface area contributed by atoms with Crippen LogP contribution in [0.15, 0.2) is 82.8 Å². The molecule has 4 rings (SSSR count). The second-order valence-electron chi connectivity index (χ2n) is 9.41. The van der Waals surface area contributed by atoms with Crippen molar-refractivity contribution in [3.05, 3.63) is 89.7 Å². The highest BCUT2D eigenvalue weighted by molar-refractivity contribution is 7.89. The van der Waals surface area contributed by atoms with Gasteiger partial charge in [0.25, 0.3) is 5.91 Å². The number of carbonyl (C=O) groups excluding carboxylic acids is 1. The highest BCUT2D eigenvalue weighted by atomic mass is 32.2. The molecule has 0 radical (unpaired) electrons. The molecule has 0 fully saturated rings. The standard InChI is InChI=1S/C28H31N5O4S/c1-19(2)16-26(33-38(35,36)23-14-8-20(3)9-15-23)28(34)32-29-17-21-10-12-22(13-11-21)37-18-27-30-24-6-4-5-7-25(24)31-27/h4-15,17,19,26,33H,16,18H2,1-3H3,(H,30,31)(H,32,34)/b29-17-/t26-/m1/s1. The summed E-state index contributed by atoms with van der Waals surface area (Å²) in [6, 6.07) is 20.5. The Morgan fingerprint density at radius 1 is 1.05 bits per heavy atom. The monoisotopic (exact) mass is 533 g/mol. The fourth-order valence-electron chi connectivity index (χ4n) is 3.78. The third-order valence-electron chi connectivity index (χ3n) is 5.73. The average molecular weight is 534 g/mol. The van der Waals surface area contributed by atoms with Crippen LogP contribution in [0.3, 0.4) is 0 Å². The Labute approximate surface area is 222 Å². The number of fused-ring (bicyclic) bond motifs is 1. The molecule has 1 amide bonds. The van der Waals surface area contributed by atoms with Gasteiger partial charge in [-0.05, 0) is 73.4 Å². The van der Waals surface area contributed by atoms with E-state index in [0.717, 1.165) is 28.0 Å². The number of sulfonamides is 1. The number of nitrogens with zero attached hydrogens (tertiary/aromatic N) is 2. The van der Waals surface area contributed by atoms with Gasteiger partial charge in [-0.15, -0.1) is 0 Å². The third kappa shape index (κ3) is 7.27. The van der Waals surface area contributed by atoms with Gasteiger partial charge < -0.3 is 9.72 Å². The lowest BCUT2D eigenvalue weighted by Gasteiger charge is -2.19. The molecular formula is C28H31N5O4S. The summed E-state index contributed by atoms with van der Waals surface area (Å²) in [4.78, 5) is 20.6. The number of ether oxygens (including phenoxy) is 1. The van der Waals surface area contributed by atoms with Crippen molar-refractivity contribution in [2.75, 3.05) is 0 Å². The van der Waals surface area contributed by atoms with E-state index in [1.54, 1.807) is 36.4 Å². The van der Waals surface area contributed by atoms with Crippen LogP contribution in [0, 0.1) is 12.8 Å².